The van der Waals surface area contributed by atoms with Crippen LogP contribution in [-0.4, -0.2) is 24.0 Å². The Balaban J connectivity index is 0.00000145. The van der Waals surface area contributed by atoms with E-state index < -0.39 is 0 Å². The Hall–Kier alpha value is -2.43. The summed E-state index contributed by atoms with van der Waals surface area (Å²) in [5.74, 6) is -0.159. The first kappa shape index (κ1) is 22.9. The summed E-state index contributed by atoms with van der Waals surface area (Å²) in [5.41, 5.74) is 7.46. The van der Waals surface area contributed by atoms with E-state index in [0.29, 0.717) is 17.3 Å². The van der Waals surface area contributed by atoms with Crippen LogP contribution < -0.4 is 11.1 Å². The number of carbonyl (C=O) groups is 1. The first-order chi connectivity index (χ1) is 14.2. The van der Waals surface area contributed by atoms with E-state index in [1.54, 1.807) is 0 Å². The molecule has 3 aromatic rings. The minimum absolute atomic E-state index is 0.159. The number of nitrogens with one attached hydrogen (secondary N) is 1. The highest BCUT2D eigenvalue weighted by atomic mass is 35.5. The first-order valence-electron chi connectivity index (χ1n) is 10.3. The fourth-order valence-corrected chi connectivity index (χ4v) is 3.31. The number of benzene rings is 2. The minimum atomic E-state index is -0.159. The molecule has 1 aromatic heterocycles. The van der Waals surface area contributed by atoms with Crippen LogP contribution in [0.3, 0.4) is 0 Å². The summed E-state index contributed by atoms with van der Waals surface area (Å²) in [7, 11) is 0. The topological polar surface area (TPSA) is 68.0 Å². The fraction of sp³-hybridized carbons (Fsp3) is 0.333. The summed E-state index contributed by atoms with van der Waals surface area (Å²) in [6.45, 7) is 5.36. The van der Waals surface area contributed by atoms with E-state index in [1.165, 1.54) is 0 Å². The van der Waals surface area contributed by atoms with Gasteiger partial charge in [-0.15, -0.1) is 0 Å². The number of halogens is 1. The van der Waals surface area contributed by atoms with Crippen LogP contribution in [0.25, 0.3) is 22.0 Å². The second-order valence-electron chi connectivity index (χ2n) is 6.52. The lowest BCUT2D eigenvalue weighted by Crippen LogP contribution is -2.25. The molecular weight excluding hydrogens is 382 g/mol. The molecular formula is C24H30ClN3O. The van der Waals surface area contributed by atoms with Gasteiger partial charge in [-0.25, -0.2) is 4.98 Å². The van der Waals surface area contributed by atoms with Crippen LogP contribution in [0.1, 0.15) is 50.0 Å². The number of amides is 1. The SMILES string of the molecule is CC.NCCCCCCNC(=O)c1cc2ccccc2c(-c2ccccc2Cl)n1. The number of rotatable bonds is 8. The summed E-state index contributed by atoms with van der Waals surface area (Å²) >= 11 is 6.39. The van der Waals surface area contributed by atoms with Crippen LogP contribution in [-0.2, 0) is 0 Å². The molecule has 4 nitrogen and oxygen atoms in total. The van der Waals surface area contributed by atoms with Gasteiger partial charge in [0.15, 0.2) is 0 Å². The van der Waals surface area contributed by atoms with Gasteiger partial charge in [0.2, 0.25) is 0 Å². The maximum atomic E-state index is 12.6. The van der Waals surface area contributed by atoms with Gasteiger partial charge >= 0.3 is 0 Å². The third kappa shape index (κ3) is 6.28. The molecule has 154 valence electrons. The summed E-state index contributed by atoms with van der Waals surface area (Å²) in [6, 6.07) is 17.3. The Morgan fingerprint density at radius 3 is 2.45 bits per heavy atom. The largest absolute Gasteiger partial charge is 0.351 e. The molecule has 1 heterocycles. The third-order valence-corrected chi connectivity index (χ3v) is 4.85. The van der Waals surface area contributed by atoms with E-state index >= 15 is 0 Å². The average Bonchev–Trinajstić information content (AvgIpc) is 2.77. The Bertz CT molecular complexity index is 927. The second-order valence-corrected chi connectivity index (χ2v) is 6.92. The van der Waals surface area contributed by atoms with Crippen molar-refractivity contribution in [1.29, 1.82) is 0 Å². The highest BCUT2D eigenvalue weighted by molar-refractivity contribution is 6.33. The molecule has 0 radical (unpaired) electrons. The van der Waals surface area contributed by atoms with E-state index in [9.17, 15) is 4.79 Å². The highest BCUT2D eigenvalue weighted by Gasteiger charge is 2.14. The third-order valence-electron chi connectivity index (χ3n) is 4.52. The molecule has 0 aliphatic carbocycles. The van der Waals surface area contributed by atoms with Gasteiger partial charge in [-0.1, -0.05) is 80.8 Å². The number of aromatic nitrogens is 1. The Labute approximate surface area is 178 Å². The predicted octanol–water partition coefficient (Wildman–Crippen LogP) is 5.83. The maximum absolute atomic E-state index is 12.6. The fourth-order valence-electron chi connectivity index (χ4n) is 3.09. The Morgan fingerprint density at radius 2 is 1.69 bits per heavy atom. The van der Waals surface area contributed by atoms with Crippen molar-refractivity contribution in [3.05, 3.63) is 65.3 Å². The van der Waals surface area contributed by atoms with Gasteiger partial charge < -0.3 is 11.1 Å². The molecule has 29 heavy (non-hydrogen) atoms. The van der Waals surface area contributed by atoms with Gasteiger partial charge in [0, 0.05) is 22.5 Å². The first-order valence-corrected chi connectivity index (χ1v) is 10.7. The highest BCUT2D eigenvalue weighted by Crippen LogP contribution is 2.32. The molecule has 0 saturated carbocycles. The molecule has 0 aliphatic rings. The molecule has 0 saturated heterocycles. The average molecular weight is 412 g/mol. The van der Waals surface area contributed by atoms with Gasteiger partial charge in [0.1, 0.15) is 5.69 Å². The quantitative estimate of drug-likeness (QED) is 0.458. The van der Waals surface area contributed by atoms with Crippen LogP contribution in [0, 0.1) is 0 Å². The van der Waals surface area contributed by atoms with Crippen molar-refractivity contribution in [3.8, 4) is 11.3 Å². The summed E-state index contributed by atoms with van der Waals surface area (Å²) in [4.78, 5) is 17.3. The lowest BCUT2D eigenvalue weighted by molar-refractivity contribution is 0.0948. The van der Waals surface area contributed by atoms with Crippen LogP contribution in [0.2, 0.25) is 5.02 Å². The van der Waals surface area contributed by atoms with E-state index in [1.807, 2.05) is 68.4 Å². The van der Waals surface area contributed by atoms with Crippen molar-refractivity contribution < 1.29 is 4.79 Å². The molecule has 0 fully saturated rings. The van der Waals surface area contributed by atoms with E-state index in [-0.39, 0.29) is 5.91 Å². The normalized spacial score (nSPS) is 10.3. The number of carbonyl (C=O) groups excluding carboxylic acids is 1. The standard InChI is InChI=1S/C22H24ClN3O.C2H6/c23-19-12-6-5-11-18(19)21-17-10-4-3-9-16(17)15-20(26-21)22(27)25-14-8-2-1-7-13-24;1-2/h3-6,9-12,15H,1-2,7-8,13-14,24H2,(H,25,27);1-2H3. The molecule has 0 unspecified atom stereocenters. The summed E-state index contributed by atoms with van der Waals surface area (Å²) in [5, 5.41) is 5.53. The van der Waals surface area contributed by atoms with Crippen LogP contribution >= 0.6 is 11.6 Å². The Morgan fingerprint density at radius 1 is 1.00 bits per heavy atom. The second kappa shape index (κ2) is 12.2. The van der Waals surface area contributed by atoms with Gasteiger partial charge in [0.05, 0.1) is 5.69 Å². The molecule has 2 aromatic carbocycles. The zero-order valence-electron chi connectivity index (χ0n) is 17.2. The molecule has 3 N–H and O–H groups in total. The number of nitrogens with two attached hydrogens (primary N) is 1. The summed E-state index contributed by atoms with van der Waals surface area (Å²) < 4.78 is 0. The molecule has 0 atom stereocenters. The molecule has 1 amide bonds. The lowest BCUT2D eigenvalue weighted by atomic mass is 10.0. The molecule has 0 spiro atoms. The number of nitrogens with zero attached hydrogens (tertiary/aromatic N) is 1. The number of hydrogen-bond donors (Lipinski definition) is 2. The van der Waals surface area contributed by atoms with Gasteiger partial charge in [-0.2, -0.15) is 0 Å². The van der Waals surface area contributed by atoms with Crippen LogP contribution in [0.15, 0.2) is 54.6 Å². The van der Waals surface area contributed by atoms with Crippen molar-refractivity contribution in [2.24, 2.45) is 5.73 Å². The predicted molar refractivity (Wildman–Crippen MR) is 123 cm³/mol. The van der Waals surface area contributed by atoms with Crippen LogP contribution in [0.5, 0.6) is 0 Å². The van der Waals surface area contributed by atoms with Crippen molar-refractivity contribution in [1.82, 2.24) is 10.3 Å². The van der Waals surface area contributed by atoms with Crippen molar-refractivity contribution in [3.63, 3.8) is 0 Å². The maximum Gasteiger partial charge on any atom is 0.269 e. The van der Waals surface area contributed by atoms with Gasteiger partial charge in [-0.3, -0.25) is 4.79 Å². The van der Waals surface area contributed by atoms with Crippen LogP contribution in [0.4, 0.5) is 0 Å². The zero-order chi connectivity index (χ0) is 21.1. The molecule has 3 rings (SSSR count). The number of fused-ring (bicyclic) bond motifs is 1. The lowest BCUT2D eigenvalue weighted by Gasteiger charge is -2.11. The van der Waals surface area contributed by atoms with Gasteiger partial charge in [0.25, 0.3) is 5.91 Å². The van der Waals surface area contributed by atoms with Crippen molar-refractivity contribution in [2.45, 2.75) is 39.5 Å². The minimum Gasteiger partial charge on any atom is -0.351 e. The molecule has 0 bridgehead atoms. The van der Waals surface area contributed by atoms with E-state index in [4.69, 9.17) is 17.3 Å². The van der Waals surface area contributed by atoms with Crippen molar-refractivity contribution >= 4 is 28.3 Å². The Kier molecular flexibility index (Phi) is 9.62. The van der Waals surface area contributed by atoms with E-state index in [0.717, 1.165) is 54.3 Å². The number of unbranched alkanes of at least 4 members (excludes halogenated alkanes) is 3. The molecule has 5 heteroatoms. The van der Waals surface area contributed by atoms with E-state index in [2.05, 4.69) is 10.3 Å². The van der Waals surface area contributed by atoms with Crippen molar-refractivity contribution in [2.75, 3.05) is 13.1 Å². The smallest absolute Gasteiger partial charge is 0.269 e. The summed E-state index contributed by atoms with van der Waals surface area (Å²) in [6.07, 6.45) is 4.13. The number of pyridine rings is 1. The molecule has 0 aliphatic heterocycles. The van der Waals surface area contributed by atoms with Gasteiger partial charge in [-0.05, 0) is 36.9 Å². The zero-order valence-corrected chi connectivity index (χ0v) is 18.0. The monoisotopic (exact) mass is 411 g/mol. The number of hydrogen-bond acceptors (Lipinski definition) is 3.